The first-order chi connectivity index (χ1) is 13.0. The standard InChI is InChI=1S/C23H40O4/c1-6-9-17-26-22(24)21(23(25)27-18-10-7-2)16-15-20(5)14-11-13-19(4)12-8-3/h13,15,21H,6-12,14,16-18H2,1-5H3/b19-13+,20-15+. The lowest BCUT2D eigenvalue weighted by Gasteiger charge is -2.14. The number of ether oxygens (including phenoxy) is 2. The number of carbonyl (C=O) groups is 2. The third kappa shape index (κ3) is 13.3. The lowest BCUT2D eigenvalue weighted by Crippen LogP contribution is -2.28. The first-order valence-corrected chi connectivity index (χ1v) is 10.6. The normalized spacial score (nSPS) is 12.4. The van der Waals surface area contributed by atoms with Gasteiger partial charge in [-0.05, 0) is 52.4 Å². The molecule has 156 valence electrons. The number of allylic oxidation sites excluding steroid dienone is 4. The molecule has 0 bridgehead atoms. The quantitative estimate of drug-likeness (QED) is 0.148. The Balaban J connectivity index is 4.72. The Morgan fingerprint density at radius 2 is 1.30 bits per heavy atom. The summed E-state index contributed by atoms with van der Waals surface area (Å²) in [5.41, 5.74) is 2.60. The SMILES string of the molecule is CCCCOC(=O)C(C/C=C(\C)CC/C=C(\C)CCC)C(=O)OCCCC. The molecular weight excluding hydrogens is 340 g/mol. The van der Waals surface area contributed by atoms with Crippen LogP contribution in [0.4, 0.5) is 0 Å². The maximum Gasteiger partial charge on any atom is 0.320 e. The summed E-state index contributed by atoms with van der Waals surface area (Å²) >= 11 is 0. The molecule has 0 radical (unpaired) electrons. The highest BCUT2D eigenvalue weighted by atomic mass is 16.6. The fraction of sp³-hybridized carbons (Fsp3) is 0.739. The lowest BCUT2D eigenvalue weighted by molar-refractivity contribution is -0.162. The summed E-state index contributed by atoms with van der Waals surface area (Å²) < 4.78 is 10.5. The zero-order chi connectivity index (χ0) is 20.5. The van der Waals surface area contributed by atoms with Crippen LogP contribution in [0.25, 0.3) is 0 Å². The van der Waals surface area contributed by atoms with Crippen molar-refractivity contribution < 1.29 is 19.1 Å². The van der Waals surface area contributed by atoms with Gasteiger partial charge in [-0.1, -0.05) is 63.3 Å². The van der Waals surface area contributed by atoms with Gasteiger partial charge in [0.25, 0.3) is 0 Å². The molecule has 0 rings (SSSR count). The highest BCUT2D eigenvalue weighted by Crippen LogP contribution is 2.16. The highest BCUT2D eigenvalue weighted by Gasteiger charge is 2.28. The molecule has 0 saturated heterocycles. The molecular formula is C23H40O4. The summed E-state index contributed by atoms with van der Waals surface area (Å²) in [6.45, 7) is 11.2. The van der Waals surface area contributed by atoms with Crippen LogP contribution in [0.3, 0.4) is 0 Å². The maximum atomic E-state index is 12.3. The van der Waals surface area contributed by atoms with Crippen LogP contribution in [-0.2, 0) is 19.1 Å². The third-order valence-corrected chi connectivity index (χ3v) is 4.43. The van der Waals surface area contributed by atoms with E-state index in [4.69, 9.17) is 9.47 Å². The van der Waals surface area contributed by atoms with Crippen LogP contribution < -0.4 is 0 Å². The van der Waals surface area contributed by atoms with Crippen LogP contribution in [0.2, 0.25) is 0 Å². The zero-order valence-corrected chi connectivity index (χ0v) is 18.1. The fourth-order valence-corrected chi connectivity index (χ4v) is 2.59. The molecule has 0 amide bonds. The van der Waals surface area contributed by atoms with Crippen LogP contribution >= 0.6 is 0 Å². The summed E-state index contributed by atoms with van der Waals surface area (Å²) in [7, 11) is 0. The molecule has 0 aliphatic heterocycles. The summed E-state index contributed by atoms with van der Waals surface area (Å²) in [6, 6.07) is 0. The smallest absolute Gasteiger partial charge is 0.320 e. The van der Waals surface area contributed by atoms with Crippen molar-refractivity contribution in [2.75, 3.05) is 13.2 Å². The second-order valence-corrected chi connectivity index (χ2v) is 7.22. The number of hydrogen-bond donors (Lipinski definition) is 0. The second kappa shape index (κ2) is 16.6. The van der Waals surface area contributed by atoms with Gasteiger partial charge in [-0.3, -0.25) is 9.59 Å². The van der Waals surface area contributed by atoms with Crippen molar-refractivity contribution >= 4 is 11.9 Å². The minimum Gasteiger partial charge on any atom is -0.465 e. The molecule has 0 aromatic heterocycles. The Labute approximate surface area is 166 Å². The number of carbonyl (C=O) groups excluding carboxylic acids is 2. The molecule has 0 unspecified atom stereocenters. The molecule has 0 spiro atoms. The Morgan fingerprint density at radius 1 is 0.778 bits per heavy atom. The van der Waals surface area contributed by atoms with E-state index in [1.165, 1.54) is 17.6 Å². The van der Waals surface area contributed by atoms with Gasteiger partial charge in [0.05, 0.1) is 13.2 Å². The van der Waals surface area contributed by atoms with Gasteiger partial charge < -0.3 is 9.47 Å². The average Bonchev–Trinajstić information content (AvgIpc) is 2.62. The monoisotopic (exact) mass is 380 g/mol. The van der Waals surface area contributed by atoms with Crippen molar-refractivity contribution in [2.45, 2.75) is 92.4 Å². The van der Waals surface area contributed by atoms with Gasteiger partial charge in [0.2, 0.25) is 0 Å². The van der Waals surface area contributed by atoms with E-state index in [0.717, 1.165) is 44.9 Å². The van der Waals surface area contributed by atoms with Crippen LogP contribution in [0.5, 0.6) is 0 Å². The van der Waals surface area contributed by atoms with Gasteiger partial charge in [0.1, 0.15) is 0 Å². The van der Waals surface area contributed by atoms with Gasteiger partial charge in [-0.25, -0.2) is 0 Å². The number of rotatable bonds is 15. The molecule has 0 fully saturated rings. The zero-order valence-electron chi connectivity index (χ0n) is 18.1. The summed E-state index contributed by atoms with van der Waals surface area (Å²) in [6.07, 6.45) is 12.3. The van der Waals surface area contributed by atoms with E-state index in [9.17, 15) is 9.59 Å². The Hall–Kier alpha value is -1.58. The topological polar surface area (TPSA) is 52.6 Å². The van der Waals surface area contributed by atoms with E-state index in [1.54, 1.807) is 0 Å². The van der Waals surface area contributed by atoms with E-state index in [1.807, 2.05) is 26.8 Å². The van der Waals surface area contributed by atoms with E-state index >= 15 is 0 Å². The molecule has 27 heavy (non-hydrogen) atoms. The van der Waals surface area contributed by atoms with Gasteiger partial charge in [0.15, 0.2) is 5.92 Å². The van der Waals surface area contributed by atoms with Crippen LogP contribution in [-0.4, -0.2) is 25.2 Å². The minimum atomic E-state index is -0.856. The molecule has 4 nitrogen and oxygen atoms in total. The van der Waals surface area contributed by atoms with Gasteiger partial charge in [-0.15, -0.1) is 0 Å². The molecule has 0 atom stereocenters. The molecule has 0 aliphatic rings. The van der Waals surface area contributed by atoms with Crippen LogP contribution in [0, 0.1) is 5.92 Å². The van der Waals surface area contributed by atoms with E-state index in [2.05, 4.69) is 19.9 Å². The van der Waals surface area contributed by atoms with Crippen molar-refractivity contribution in [3.63, 3.8) is 0 Å². The van der Waals surface area contributed by atoms with E-state index in [0.29, 0.717) is 19.6 Å². The Morgan fingerprint density at radius 3 is 1.78 bits per heavy atom. The van der Waals surface area contributed by atoms with Crippen molar-refractivity contribution in [3.05, 3.63) is 23.3 Å². The molecule has 0 aliphatic carbocycles. The van der Waals surface area contributed by atoms with Crippen LogP contribution in [0.1, 0.15) is 92.4 Å². The Bertz CT molecular complexity index is 455. The van der Waals surface area contributed by atoms with E-state index < -0.39 is 17.9 Å². The lowest BCUT2D eigenvalue weighted by atomic mass is 10.0. The predicted molar refractivity (Wildman–Crippen MR) is 111 cm³/mol. The molecule has 0 aromatic carbocycles. The van der Waals surface area contributed by atoms with Gasteiger partial charge >= 0.3 is 11.9 Å². The predicted octanol–water partition coefficient (Wildman–Crippen LogP) is 6.15. The summed E-state index contributed by atoms with van der Waals surface area (Å²) in [5.74, 6) is -1.79. The molecule has 0 aromatic rings. The third-order valence-electron chi connectivity index (χ3n) is 4.43. The fourth-order valence-electron chi connectivity index (χ4n) is 2.59. The number of hydrogen-bond acceptors (Lipinski definition) is 4. The highest BCUT2D eigenvalue weighted by molar-refractivity contribution is 5.95. The first kappa shape index (κ1) is 25.4. The summed E-state index contributed by atoms with van der Waals surface area (Å²) in [5, 5.41) is 0. The van der Waals surface area contributed by atoms with Gasteiger partial charge in [-0.2, -0.15) is 0 Å². The summed E-state index contributed by atoms with van der Waals surface area (Å²) in [4.78, 5) is 24.6. The van der Waals surface area contributed by atoms with Gasteiger partial charge in [0, 0.05) is 0 Å². The average molecular weight is 381 g/mol. The van der Waals surface area contributed by atoms with Crippen molar-refractivity contribution in [2.24, 2.45) is 5.92 Å². The molecule has 4 heteroatoms. The minimum absolute atomic E-state index is 0.347. The van der Waals surface area contributed by atoms with Crippen LogP contribution in [0.15, 0.2) is 23.3 Å². The van der Waals surface area contributed by atoms with E-state index in [-0.39, 0.29) is 0 Å². The van der Waals surface area contributed by atoms with Crippen molar-refractivity contribution in [1.82, 2.24) is 0 Å². The van der Waals surface area contributed by atoms with Crippen molar-refractivity contribution in [3.8, 4) is 0 Å². The Kier molecular flexibility index (Phi) is 15.6. The number of esters is 2. The number of unbranched alkanes of at least 4 members (excludes halogenated alkanes) is 2. The molecule has 0 heterocycles. The first-order valence-electron chi connectivity index (χ1n) is 10.6. The molecule has 0 N–H and O–H groups in total. The molecule has 0 saturated carbocycles. The second-order valence-electron chi connectivity index (χ2n) is 7.22. The maximum absolute atomic E-state index is 12.3. The largest absolute Gasteiger partial charge is 0.465 e. The van der Waals surface area contributed by atoms with Crippen molar-refractivity contribution in [1.29, 1.82) is 0 Å².